The largest absolute Gasteiger partial charge is 1.00 e. The maximum absolute atomic E-state index is 8.43. The Bertz CT molecular complexity index is 270. The average molecular weight is 220 g/mol. The van der Waals surface area contributed by atoms with Crippen molar-refractivity contribution in [3.8, 4) is 0 Å². The van der Waals surface area contributed by atoms with Gasteiger partial charge >= 0.3 is 36.7 Å². The zero-order valence-corrected chi connectivity index (χ0v) is 12.0. The molecule has 0 N–H and O–H groups in total. The van der Waals surface area contributed by atoms with Gasteiger partial charge < -0.3 is 28.3 Å². The molecule has 1 fully saturated rings. The summed E-state index contributed by atoms with van der Waals surface area (Å²) >= 11 is 0. The van der Waals surface area contributed by atoms with Crippen LogP contribution in [0.15, 0.2) is 6.08 Å². The van der Waals surface area contributed by atoms with Gasteiger partial charge in [0, 0.05) is 0 Å². The van der Waals surface area contributed by atoms with Crippen LogP contribution in [0.4, 0.5) is 0 Å². The first-order valence-corrected chi connectivity index (χ1v) is 4.30. The summed E-state index contributed by atoms with van der Waals surface area (Å²) in [6.45, 7) is 7.88. The van der Waals surface area contributed by atoms with Gasteiger partial charge in [0.25, 0.3) is 0 Å². The molecular formula is C10H17BNNaO2-2. The van der Waals surface area contributed by atoms with Gasteiger partial charge in [0.15, 0.2) is 0 Å². The van der Waals surface area contributed by atoms with E-state index in [1.54, 1.807) is 0 Å². The van der Waals surface area contributed by atoms with Crippen molar-refractivity contribution in [2.24, 2.45) is 0 Å². The third kappa shape index (κ3) is 4.04. The number of nitrogens with zero attached hydrogens (tertiary/aromatic N) is 1. The first-order valence-electron chi connectivity index (χ1n) is 5.80. The molecular weight excluding hydrogens is 200 g/mol. The Hall–Kier alpha value is 0.395. The van der Waals surface area contributed by atoms with E-state index in [2.05, 4.69) is 5.98 Å². The molecule has 0 aliphatic carbocycles. The van der Waals surface area contributed by atoms with Gasteiger partial charge in [-0.2, -0.15) is 0 Å². The third-order valence-electron chi connectivity index (χ3n) is 2.56. The van der Waals surface area contributed by atoms with Crippen molar-refractivity contribution < 1.29 is 43.0 Å². The minimum atomic E-state index is -0.833. The summed E-state index contributed by atoms with van der Waals surface area (Å²) in [5, 5.41) is 8.43. The van der Waals surface area contributed by atoms with E-state index in [1.165, 1.54) is 6.08 Å². The third-order valence-corrected chi connectivity index (χ3v) is 2.56. The summed E-state index contributed by atoms with van der Waals surface area (Å²) in [6.07, 6.45) is 2.28. The Morgan fingerprint density at radius 2 is 1.73 bits per heavy atom. The molecule has 0 aromatic rings. The Kier molecular flexibility index (Phi) is 4.91. The van der Waals surface area contributed by atoms with Crippen LogP contribution in [-0.4, -0.2) is 24.5 Å². The van der Waals surface area contributed by atoms with Crippen LogP contribution in [0.2, 0.25) is 0 Å². The number of allylic oxidation sites excluding steroid dienone is 1. The van der Waals surface area contributed by atoms with E-state index in [4.69, 9.17) is 18.8 Å². The summed E-state index contributed by atoms with van der Waals surface area (Å²) < 4.78 is 28.6. The normalized spacial score (nSPS) is 24.6. The predicted octanol–water partition coefficient (Wildman–Crippen LogP) is -0.928. The minimum Gasteiger partial charge on any atom is -0.911 e. The summed E-state index contributed by atoms with van der Waals surface area (Å²) in [7, 11) is -1.33. The quantitative estimate of drug-likeness (QED) is 0.343. The van der Waals surface area contributed by atoms with E-state index in [0.29, 0.717) is 0 Å². The van der Waals surface area contributed by atoms with E-state index in [1.807, 2.05) is 27.7 Å². The molecule has 3 nitrogen and oxygen atoms in total. The van der Waals surface area contributed by atoms with Gasteiger partial charge in [0.05, 0.1) is 11.2 Å². The molecule has 0 saturated carbocycles. The molecule has 80 valence electrons. The fourth-order valence-electron chi connectivity index (χ4n) is 1.03. The van der Waals surface area contributed by atoms with Crippen molar-refractivity contribution in [2.75, 3.05) is 0 Å². The topological polar surface area (TPSA) is 40.8 Å². The second-order valence-electron chi connectivity index (χ2n) is 4.07. The first-order chi connectivity index (χ1) is 7.62. The van der Waals surface area contributed by atoms with E-state index >= 15 is 0 Å². The van der Waals surface area contributed by atoms with Gasteiger partial charge in [-0.05, 0) is 27.7 Å². The zero-order chi connectivity index (χ0) is 13.7. The van der Waals surface area contributed by atoms with Crippen LogP contribution >= 0.6 is 0 Å². The molecule has 1 saturated heterocycles. The molecule has 0 atom stereocenters. The van der Waals surface area contributed by atoms with Crippen LogP contribution in [0, 0.1) is 13.3 Å². The van der Waals surface area contributed by atoms with Gasteiger partial charge in [-0.15, -0.1) is 0 Å². The standard InChI is InChI=1S/C9H14BNO2.CH3.Na/c1-8(2)9(3,4)13-10(12-8)6-5-7-11;;/h5,7H,1-4H3;1H3;/q-2;-1;+1/i;1D3;. The minimum absolute atomic E-state index is 0. The predicted molar refractivity (Wildman–Crippen MR) is 59.7 cm³/mol. The fourth-order valence-corrected chi connectivity index (χ4v) is 1.03. The molecule has 1 aliphatic rings. The van der Waals surface area contributed by atoms with Crippen LogP contribution in [0.3, 0.4) is 0 Å². The van der Waals surface area contributed by atoms with Gasteiger partial charge in [-0.3, -0.25) is 6.08 Å². The SMILES string of the molecule is CC1(C)OB([C-]=CC=[N-])OC1(C)C.[2H][C-]([2H])[2H].[Na+]. The second-order valence-corrected chi connectivity index (χ2v) is 4.07. The molecule has 0 aromatic carbocycles. The maximum atomic E-state index is 8.43. The van der Waals surface area contributed by atoms with Crippen molar-refractivity contribution in [1.29, 1.82) is 0 Å². The van der Waals surface area contributed by atoms with Gasteiger partial charge in [-0.1, -0.05) is 0 Å². The number of hydrogen-bond donors (Lipinski definition) is 0. The summed E-state index contributed by atoms with van der Waals surface area (Å²) in [5.74, 6) is 2.77. The first kappa shape index (κ1) is 11.9. The van der Waals surface area contributed by atoms with Crippen molar-refractivity contribution in [3.63, 3.8) is 0 Å². The molecule has 1 heterocycles. The van der Waals surface area contributed by atoms with E-state index in [-0.39, 0.29) is 40.8 Å². The maximum Gasteiger partial charge on any atom is 1.00 e. The van der Waals surface area contributed by atoms with Gasteiger partial charge in [0.2, 0.25) is 0 Å². The zero-order valence-electron chi connectivity index (χ0n) is 13.0. The Morgan fingerprint density at radius 3 is 2.07 bits per heavy atom. The Balaban J connectivity index is 0. The molecule has 1 rings (SSSR count). The second kappa shape index (κ2) is 6.21. The van der Waals surface area contributed by atoms with E-state index in [0.717, 1.165) is 6.21 Å². The fraction of sp³-hybridized carbons (Fsp3) is 0.600. The monoisotopic (exact) mass is 220 g/mol. The Labute approximate surface area is 120 Å². The molecule has 15 heavy (non-hydrogen) atoms. The molecule has 0 bridgehead atoms. The van der Waals surface area contributed by atoms with E-state index in [9.17, 15) is 0 Å². The van der Waals surface area contributed by atoms with Crippen LogP contribution in [0.5, 0.6) is 0 Å². The molecule has 0 amide bonds. The van der Waals surface area contributed by atoms with Crippen molar-refractivity contribution >= 4 is 13.3 Å². The van der Waals surface area contributed by atoms with Gasteiger partial charge in [0.1, 0.15) is 0 Å². The molecule has 1 aliphatic heterocycles. The molecule has 0 aromatic heterocycles. The van der Waals surface area contributed by atoms with Gasteiger partial charge in [-0.25, -0.2) is 10.1 Å². The molecule has 0 radical (unpaired) electrons. The van der Waals surface area contributed by atoms with Crippen LogP contribution in [0.1, 0.15) is 31.8 Å². The van der Waals surface area contributed by atoms with Crippen LogP contribution in [-0.2, 0) is 9.31 Å². The van der Waals surface area contributed by atoms with Crippen molar-refractivity contribution in [2.45, 2.75) is 38.9 Å². The summed E-state index contributed by atoms with van der Waals surface area (Å²) in [4.78, 5) is 0. The summed E-state index contributed by atoms with van der Waals surface area (Å²) in [5.41, 5.74) is -0.679. The molecule has 5 heteroatoms. The number of rotatable bonds is 2. The Morgan fingerprint density at radius 1 is 1.33 bits per heavy atom. The summed E-state index contributed by atoms with van der Waals surface area (Å²) in [6, 6.07) is 0. The van der Waals surface area contributed by atoms with Crippen molar-refractivity contribution in [1.82, 2.24) is 0 Å². The van der Waals surface area contributed by atoms with E-state index < -0.39 is 14.5 Å². The number of hydrogen-bond acceptors (Lipinski definition) is 2. The molecule has 0 unspecified atom stereocenters. The smallest absolute Gasteiger partial charge is 0.911 e. The molecule has 0 spiro atoms. The van der Waals surface area contributed by atoms with Crippen LogP contribution < -0.4 is 29.6 Å². The van der Waals surface area contributed by atoms with Crippen molar-refractivity contribution in [3.05, 3.63) is 24.8 Å². The average Bonchev–Trinajstić information content (AvgIpc) is 2.31. The van der Waals surface area contributed by atoms with Crippen LogP contribution in [0.25, 0.3) is 5.41 Å².